The van der Waals surface area contributed by atoms with Gasteiger partial charge in [-0.3, -0.25) is 9.59 Å². The van der Waals surface area contributed by atoms with Crippen molar-refractivity contribution in [1.29, 1.82) is 5.26 Å². The van der Waals surface area contributed by atoms with Gasteiger partial charge in [-0.05, 0) is 60.2 Å². The standard InChI is InChI=1S/C24H17ClFN3O3/c25-21-6-1-2-7-22(21)29-23(30)15-32-20-5-3-4-16(13-20)12-17(14-27)24(31)28-19-10-8-18(26)9-11-19/h1-13H,15H2,(H,28,31)(H,29,30)/b17-12+. The van der Waals surface area contributed by atoms with Crippen molar-refractivity contribution in [2.24, 2.45) is 0 Å². The number of hydrogen-bond acceptors (Lipinski definition) is 4. The predicted molar refractivity (Wildman–Crippen MR) is 121 cm³/mol. The summed E-state index contributed by atoms with van der Waals surface area (Å²) in [6, 6.07) is 20.4. The average molecular weight is 450 g/mol. The lowest BCUT2D eigenvalue weighted by Crippen LogP contribution is -2.20. The zero-order valence-corrected chi connectivity index (χ0v) is 17.4. The second kappa shape index (κ2) is 10.8. The van der Waals surface area contributed by atoms with Crippen LogP contribution in [0.15, 0.2) is 78.4 Å². The van der Waals surface area contributed by atoms with Crippen LogP contribution in [0, 0.1) is 17.1 Å². The van der Waals surface area contributed by atoms with E-state index in [2.05, 4.69) is 10.6 Å². The fourth-order valence-electron chi connectivity index (χ4n) is 2.64. The molecule has 160 valence electrons. The van der Waals surface area contributed by atoms with Gasteiger partial charge in [-0.25, -0.2) is 4.39 Å². The van der Waals surface area contributed by atoms with Crippen molar-refractivity contribution in [2.75, 3.05) is 17.2 Å². The highest BCUT2D eigenvalue weighted by molar-refractivity contribution is 6.33. The number of nitriles is 1. The first-order valence-corrected chi connectivity index (χ1v) is 9.78. The van der Waals surface area contributed by atoms with Gasteiger partial charge in [-0.1, -0.05) is 35.9 Å². The highest BCUT2D eigenvalue weighted by Crippen LogP contribution is 2.21. The second-order valence-corrected chi connectivity index (χ2v) is 6.93. The second-order valence-electron chi connectivity index (χ2n) is 6.52. The first-order chi connectivity index (χ1) is 15.4. The minimum Gasteiger partial charge on any atom is -0.484 e. The number of anilines is 2. The summed E-state index contributed by atoms with van der Waals surface area (Å²) in [6.07, 6.45) is 1.38. The van der Waals surface area contributed by atoms with Gasteiger partial charge in [0.25, 0.3) is 11.8 Å². The van der Waals surface area contributed by atoms with Crippen LogP contribution >= 0.6 is 11.6 Å². The van der Waals surface area contributed by atoms with Crippen LogP contribution in [0.5, 0.6) is 5.75 Å². The Bertz CT molecular complexity index is 1200. The van der Waals surface area contributed by atoms with Crippen molar-refractivity contribution in [3.05, 3.63) is 94.8 Å². The summed E-state index contributed by atoms with van der Waals surface area (Å²) in [5, 5.41) is 14.9. The van der Waals surface area contributed by atoms with Crippen LogP contribution in [-0.4, -0.2) is 18.4 Å². The normalized spacial score (nSPS) is 10.7. The molecule has 0 saturated heterocycles. The number of carbonyl (C=O) groups excluding carboxylic acids is 2. The van der Waals surface area contributed by atoms with E-state index in [4.69, 9.17) is 16.3 Å². The van der Waals surface area contributed by atoms with E-state index in [1.807, 2.05) is 6.07 Å². The van der Waals surface area contributed by atoms with E-state index in [1.54, 1.807) is 48.5 Å². The third-order valence-electron chi connectivity index (χ3n) is 4.15. The molecule has 0 aliphatic carbocycles. The molecule has 6 nitrogen and oxygen atoms in total. The van der Waals surface area contributed by atoms with Gasteiger partial charge in [-0.2, -0.15) is 5.26 Å². The number of ether oxygens (including phenoxy) is 1. The van der Waals surface area contributed by atoms with Gasteiger partial charge in [-0.15, -0.1) is 0 Å². The Morgan fingerprint density at radius 2 is 1.78 bits per heavy atom. The van der Waals surface area contributed by atoms with E-state index in [1.165, 1.54) is 30.3 Å². The smallest absolute Gasteiger partial charge is 0.266 e. The third-order valence-corrected chi connectivity index (χ3v) is 4.48. The van der Waals surface area contributed by atoms with Gasteiger partial charge in [0.05, 0.1) is 10.7 Å². The Balaban J connectivity index is 1.63. The van der Waals surface area contributed by atoms with Crippen LogP contribution in [0.2, 0.25) is 5.02 Å². The SMILES string of the molecule is N#C/C(=C\c1cccc(OCC(=O)Nc2ccccc2Cl)c1)C(=O)Nc1ccc(F)cc1. The summed E-state index contributed by atoms with van der Waals surface area (Å²) >= 11 is 6.01. The van der Waals surface area contributed by atoms with E-state index >= 15 is 0 Å². The molecule has 0 aliphatic heterocycles. The maximum Gasteiger partial charge on any atom is 0.266 e. The van der Waals surface area contributed by atoms with Crippen LogP contribution in [-0.2, 0) is 9.59 Å². The quantitative estimate of drug-likeness (QED) is 0.390. The molecule has 3 rings (SSSR count). The Kier molecular flexibility index (Phi) is 7.57. The summed E-state index contributed by atoms with van der Waals surface area (Å²) in [6.45, 7) is -0.255. The molecule has 0 aromatic heterocycles. The van der Waals surface area contributed by atoms with Crippen LogP contribution < -0.4 is 15.4 Å². The lowest BCUT2D eigenvalue weighted by Gasteiger charge is -2.09. The summed E-state index contributed by atoms with van der Waals surface area (Å²) in [5.74, 6) is -1.08. The monoisotopic (exact) mass is 449 g/mol. The molecule has 0 heterocycles. The Labute approximate surface area is 188 Å². The fraction of sp³-hybridized carbons (Fsp3) is 0.0417. The Morgan fingerprint density at radius 1 is 1.03 bits per heavy atom. The van der Waals surface area contributed by atoms with Gasteiger partial charge in [0.1, 0.15) is 23.2 Å². The molecule has 2 amide bonds. The highest BCUT2D eigenvalue weighted by Gasteiger charge is 2.11. The minimum atomic E-state index is -0.635. The molecule has 0 bridgehead atoms. The molecule has 0 aliphatic rings. The first-order valence-electron chi connectivity index (χ1n) is 9.40. The third kappa shape index (κ3) is 6.42. The average Bonchev–Trinajstić information content (AvgIpc) is 2.79. The first kappa shape index (κ1) is 22.5. The van der Waals surface area contributed by atoms with Crippen molar-refractivity contribution in [1.82, 2.24) is 0 Å². The number of carbonyl (C=O) groups is 2. The highest BCUT2D eigenvalue weighted by atomic mass is 35.5. The summed E-state index contributed by atoms with van der Waals surface area (Å²) in [4.78, 5) is 24.4. The van der Waals surface area contributed by atoms with Crippen LogP contribution in [0.1, 0.15) is 5.56 Å². The van der Waals surface area contributed by atoms with E-state index in [-0.39, 0.29) is 12.2 Å². The summed E-state index contributed by atoms with van der Waals surface area (Å²) in [7, 11) is 0. The number of para-hydroxylation sites is 1. The molecule has 0 saturated carbocycles. The van der Waals surface area contributed by atoms with Crippen LogP contribution in [0.25, 0.3) is 6.08 Å². The van der Waals surface area contributed by atoms with Crippen molar-refractivity contribution in [3.8, 4) is 11.8 Å². The number of nitrogens with zero attached hydrogens (tertiary/aromatic N) is 1. The van der Waals surface area contributed by atoms with Gasteiger partial charge in [0.15, 0.2) is 6.61 Å². The lowest BCUT2D eigenvalue weighted by molar-refractivity contribution is -0.118. The largest absolute Gasteiger partial charge is 0.484 e. The Hall–Kier alpha value is -4.15. The molecule has 0 unspecified atom stereocenters. The molecule has 0 radical (unpaired) electrons. The van der Waals surface area contributed by atoms with Crippen molar-refractivity contribution in [3.63, 3.8) is 0 Å². The zero-order chi connectivity index (χ0) is 22.9. The molecular formula is C24H17ClFN3O3. The summed E-state index contributed by atoms with van der Waals surface area (Å²) < 4.78 is 18.5. The molecule has 0 atom stereocenters. The molecule has 0 fully saturated rings. The van der Waals surface area contributed by atoms with Crippen LogP contribution in [0.4, 0.5) is 15.8 Å². The van der Waals surface area contributed by atoms with E-state index in [9.17, 15) is 19.2 Å². The molecule has 0 spiro atoms. The van der Waals surface area contributed by atoms with Crippen molar-refractivity contribution >= 4 is 40.9 Å². The molecular weight excluding hydrogens is 433 g/mol. The van der Waals surface area contributed by atoms with Crippen molar-refractivity contribution in [2.45, 2.75) is 0 Å². The minimum absolute atomic E-state index is 0.150. The van der Waals surface area contributed by atoms with Gasteiger partial charge >= 0.3 is 0 Å². The number of rotatable bonds is 7. The van der Waals surface area contributed by atoms with Gasteiger partial charge in [0, 0.05) is 5.69 Å². The maximum absolute atomic E-state index is 13.0. The zero-order valence-electron chi connectivity index (χ0n) is 16.6. The number of nitrogens with one attached hydrogen (secondary N) is 2. The van der Waals surface area contributed by atoms with E-state index in [0.717, 1.165) is 0 Å². The predicted octanol–water partition coefficient (Wildman–Crippen LogP) is 5.04. The topological polar surface area (TPSA) is 91.2 Å². The summed E-state index contributed by atoms with van der Waals surface area (Å²) in [5.41, 5.74) is 1.22. The number of hydrogen-bond donors (Lipinski definition) is 2. The molecule has 2 N–H and O–H groups in total. The van der Waals surface area contributed by atoms with Gasteiger partial charge < -0.3 is 15.4 Å². The molecule has 8 heteroatoms. The van der Waals surface area contributed by atoms with E-state index < -0.39 is 17.6 Å². The van der Waals surface area contributed by atoms with E-state index in [0.29, 0.717) is 27.7 Å². The van der Waals surface area contributed by atoms with Crippen LogP contribution in [0.3, 0.4) is 0 Å². The lowest BCUT2D eigenvalue weighted by atomic mass is 10.1. The molecule has 3 aromatic carbocycles. The number of benzene rings is 3. The Morgan fingerprint density at radius 3 is 2.50 bits per heavy atom. The number of halogens is 2. The molecule has 32 heavy (non-hydrogen) atoms. The van der Waals surface area contributed by atoms with Gasteiger partial charge in [0.2, 0.25) is 0 Å². The maximum atomic E-state index is 13.0. The fourth-order valence-corrected chi connectivity index (χ4v) is 2.82. The van der Waals surface area contributed by atoms with Crippen molar-refractivity contribution < 1.29 is 18.7 Å². The molecule has 3 aromatic rings. The number of amides is 2.